The van der Waals surface area contributed by atoms with E-state index in [-0.39, 0.29) is 10.0 Å². The number of anilines is 2. The van der Waals surface area contributed by atoms with Crippen molar-refractivity contribution in [3.63, 3.8) is 0 Å². The lowest BCUT2D eigenvalue weighted by molar-refractivity contribution is -0.123. The molecule has 1 saturated heterocycles. The molecule has 0 aliphatic carbocycles. The summed E-state index contributed by atoms with van der Waals surface area (Å²) in [5, 5.41) is 0.385. The first kappa shape index (κ1) is 23.8. The Hall–Kier alpha value is -2.34. The van der Waals surface area contributed by atoms with E-state index in [1.807, 2.05) is 11.8 Å². The van der Waals surface area contributed by atoms with Gasteiger partial charge in [-0.15, -0.1) is 11.3 Å². The molecule has 1 aliphatic heterocycles. The van der Waals surface area contributed by atoms with Crippen molar-refractivity contribution >= 4 is 62.1 Å². The summed E-state index contributed by atoms with van der Waals surface area (Å²) < 4.78 is 32.7. The zero-order valence-corrected chi connectivity index (χ0v) is 20.7. The van der Waals surface area contributed by atoms with Crippen LogP contribution in [-0.4, -0.2) is 37.4 Å². The normalized spacial score (nSPS) is 15.1. The van der Waals surface area contributed by atoms with Crippen LogP contribution in [-0.2, 0) is 21.2 Å². The molecule has 0 radical (unpaired) electrons. The second-order valence-electron chi connectivity index (χ2n) is 7.51. The summed E-state index contributed by atoms with van der Waals surface area (Å²) in [6.45, 7) is 2.90. The summed E-state index contributed by atoms with van der Waals surface area (Å²) >= 11 is 13.2. The Balaban J connectivity index is 1.42. The van der Waals surface area contributed by atoms with Crippen molar-refractivity contribution in [3.05, 3.63) is 39.5 Å². The number of hydrogen-bond acceptors (Lipinski definition) is 9. The van der Waals surface area contributed by atoms with Gasteiger partial charge in [-0.1, -0.05) is 30.1 Å². The van der Waals surface area contributed by atoms with Crippen LogP contribution in [0.15, 0.2) is 33.1 Å². The topological polar surface area (TPSA) is 131 Å². The van der Waals surface area contributed by atoms with Crippen LogP contribution in [0, 0.1) is 5.92 Å². The summed E-state index contributed by atoms with van der Waals surface area (Å²) in [5.41, 5.74) is 7.46. The van der Waals surface area contributed by atoms with Crippen molar-refractivity contribution < 1.29 is 17.6 Å². The van der Waals surface area contributed by atoms with Gasteiger partial charge in [0.2, 0.25) is 11.8 Å². The number of piperidine rings is 1. The summed E-state index contributed by atoms with van der Waals surface area (Å²) in [5.74, 6) is 0.0960. The van der Waals surface area contributed by atoms with Crippen molar-refractivity contribution in [1.82, 2.24) is 14.7 Å². The van der Waals surface area contributed by atoms with E-state index in [1.54, 1.807) is 12.3 Å². The average molecular weight is 530 g/mol. The number of oxazole rings is 1. The molecule has 0 bridgehead atoms. The van der Waals surface area contributed by atoms with Gasteiger partial charge in [0.05, 0.1) is 20.6 Å². The minimum Gasteiger partial charge on any atom is -0.444 e. The van der Waals surface area contributed by atoms with Crippen molar-refractivity contribution in [2.75, 3.05) is 23.7 Å². The van der Waals surface area contributed by atoms with E-state index in [0.29, 0.717) is 52.6 Å². The van der Waals surface area contributed by atoms with Gasteiger partial charge in [-0.3, -0.25) is 4.79 Å². The second kappa shape index (κ2) is 9.49. The van der Waals surface area contributed by atoms with E-state index < -0.39 is 21.8 Å². The standard InChI is InChI=1S/C20H21Cl2N5O4S2/c1-2-12-10-31-20(24-12)13-9-14(21)18(25-17(13)23)27-7-5-11(6-8-27)19(28)26-33(29,30)16-4-3-15(22)32-16/h3-4,9-11H,2,5-8H2,1H3,(H2,23,25)(H,26,28). The molecule has 0 aromatic carbocycles. The number of thiophene rings is 1. The maximum Gasteiger partial charge on any atom is 0.273 e. The summed E-state index contributed by atoms with van der Waals surface area (Å²) in [6.07, 6.45) is 3.17. The lowest BCUT2D eigenvalue weighted by Gasteiger charge is -2.32. The van der Waals surface area contributed by atoms with Crippen LogP contribution in [0.3, 0.4) is 0 Å². The zero-order chi connectivity index (χ0) is 23.8. The van der Waals surface area contributed by atoms with Crippen LogP contribution in [0.2, 0.25) is 9.36 Å². The highest BCUT2D eigenvalue weighted by Gasteiger charge is 2.30. The minimum absolute atomic E-state index is 0.00179. The lowest BCUT2D eigenvalue weighted by Crippen LogP contribution is -2.42. The van der Waals surface area contributed by atoms with E-state index in [2.05, 4.69) is 14.7 Å². The molecular weight excluding hydrogens is 509 g/mol. The molecule has 3 aromatic rings. The fourth-order valence-electron chi connectivity index (χ4n) is 3.54. The van der Waals surface area contributed by atoms with Crippen LogP contribution in [0.1, 0.15) is 25.5 Å². The Morgan fingerprint density at radius 1 is 1.30 bits per heavy atom. The average Bonchev–Trinajstić information content (AvgIpc) is 3.44. The van der Waals surface area contributed by atoms with E-state index >= 15 is 0 Å². The molecule has 33 heavy (non-hydrogen) atoms. The Morgan fingerprint density at radius 3 is 2.64 bits per heavy atom. The Bertz CT molecular complexity index is 1280. The van der Waals surface area contributed by atoms with Gasteiger partial charge in [0.15, 0.2) is 0 Å². The largest absolute Gasteiger partial charge is 0.444 e. The van der Waals surface area contributed by atoms with Crippen molar-refractivity contribution in [2.45, 2.75) is 30.4 Å². The highest BCUT2D eigenvalue weighted by molar-refractivity contribution is 7.92. The van der Waals surface area contributed by atoms with Gasteiger partial charge >= 0.3 is 0 Å². The number of halogens is 2. The number of pyridine rings is 1. The number of amides is 1. The molecule has 4 heterocycles. The number of nitrogens with two attached hydrogens (primary N) is 1. The van der Waals surface area contributed by atoms with Crippen LogP contribution in [0.5, 0.6) is 0 Å². The Labute approximate surface area is 205 Å². The highest BCUT2D eigenvalue weighted by Crippen LogP contribution is 2.35. The molecule has 1 fully saturated rings. The quantitative estimate of drug-likeness (QED) is 0.490. The van der Waals surface area contributed by atoms with E-state index in [4.69, 9.17) is 33.4 Å². The van der Waals surface area contributed by atoms with Gasteiger partial charge in [-0.05, 0) is 37.5 Å². The van der Waals surface area contributed by atoms with Crippen molar-refractivity contribution in [3.8, 4) is 11.5 Å². The number of sulfonamides is 1. The molecule has 0 atom stereocenters. The summed E-state index contributed by atoms with van der Waals surface area (Å²) in [7, 11) is -3.94. The molecular formula is C20H21Cl2N5O4S2. The second-order valence-corrected chi connectivity index (χ2v) is 11.5. The third-order valence-electron chi connectivity index (χ3n) is 5.35. The monoisotopic (exact) mass is 529 g/mol. The Morgan fingerprint density at radius 2 is 2.03 bits per heavy atom. The van der Waals surface area contributed by atoms with Gasteiger partial charge in [-0.25, -0.2) is 23.1 Å². The van der Waals surface area contributed by atoms with E-state index in [9.17, 15) is 13.2 Å². The fourth-order valence-corrected chi connectivity index (χ4v) is 6.34. The van der Waals surface area contributed by atoms with Gasteiger partial charge in [-0.2, -0.15) is 0 Å². The van der Waals surface area contributed by atoms with Crippen molar-refractivity contribution in [2.24, 2.45) is 5.92 Å². The molecule has 0 unspecified atom stereocenters. The van der Waals surface area contributed by atoms with Gasteiger partial charge in [0.1, 0.15) is 22.1 Å². The van der Waals surface area contributed by atoms with Gasteiger partial charge < -0.3 is 15.1 Å². The number of rotatable bonds is 6. The third kappa shape index (κ3) is 5.11. The first-order chi connectivity index (χ1) is 15.7. The smallest absolute Gasteiger partial charge is 0.273 e. The fraction of sp³-hybridized carbons (Fsp3) is 0.350. The number of aromatic nitrogens is 2. The molecule has 3 N–H and O–H groups in total. The maximum atomic E-state index is 12.6. The number of aryl methyl sites for hydroxylation is 1. The number of nitrogen functional groups attached to an aromatic ring is 1. The zero-order valence-electron chi connectivity index (χ0n) is 17.5. The first-order valence-corrected chi connectivity index (χ1v) is 13.2. The molecule has 0 spiro atoms. The number of hydrogen-bond donors (Lipinski definition) is 2. The van der Waals surface area contributed by atoms with E-state index in [1.165, 1.54) is 12.1 Å². The molecule has 13 heteroatoms. The minimum atomic E-state index is -3.94. The number of carbonyl (C=O) groups excluding carboxylic acids is 1. The predicted molar refractivity (Wildman–Crippen MR) is 128 cm³/mol. The number of nitrogens with zero attached hydrogens (tertiary/aromatic N) is 3. The van der Waals surface area contributed by atoms with Crippen molar-refractivity contribution in [1.29, 1.82) is 0 Å². The molecule has 176 valence electrons. The van der Waals surface area contributed by atoms with Crippen LogP contribution < -0.4 is 15.4 Å². The molecule has 4 rings (SSSR count). The molecule has 9 nitrogen and oxygen atoms in total. The maximum absolute atomic E-state index is 12.6. The highest BCUT2D eigenvalue weighted by atomic mass is 35.5. The molecule has 3 aromatic heterocycles. The summed E-state index contributed by atoms with van der Waals surface area (Å²) in [6, 6.07) is 4.51. The van der Waals surface area contributed by atoms with Gasteiger partial charge in [0.25, 0.3) is 10.0 Å². The van der Waals surface area contributed by atoms with Crippen LogP contribution >= 0.6 is 34.5 Å². The predicted octanol–water partition coefficient (Wildman–Crippen LogP) is 3.97. The third-order valence-corrected chi connectivity index (χ3v) is 8.69. The molecule has 1 amide bonds. The first-order valence-electron chi connectivity index (χ1n) is 10.2. The van der Waals surface area contributed by atoms with Gasteiger partial charge in [0, 0.05) is 19.0 Å². The summed E-state index contributed by atoms with van der Waals surface area (Å²) in [4.78, 5) is 23.3. The molecule has 1 aliphatic rings. The molecule has 0 saturated carbocycles. The SMILES string of the molecule is CCc1coc(-c2cc(Cl)c(N3CCC(C(=O)NS(=O)(=O)c4ccc(Cl)s4)CC3)nc2N)n1. The van der Waals surface area contributed by atoms with Crippen LogP contribution in [0.4, 0.5) is 11.6 Å². The van der Waals surface area contributed by atoms with Crippen LogP contribution in [0.25, 0.3) is 11.5 Å². The lowest BCUT2D eigenvalue weighted by atomic mass is 9.96. The number of carbonyl (C=O) groups is 1. The number of nitrogens with one attached hydrogen (secondary N) is 1. The van der Waals surface area contributed by atoms with E-state index in [0.717, 1.165) is 23.5 Å². The Kier molecular flexibility index (Phi) is 6.85.